The van der Waals surface area contributed by atoms with E-state index in [1.807, 2.05) is 42.5 Å². The molecule has 0 saturated carbocycles. The van der Waals surface area contributed by atoms with E-state index in [0.29, 0.717) is 22.8 Å². The summed E-state index contributed by atoms with van der Waals surface area (Å²) < 4.78 is 11.9. The predicted octanol–water partition coefficient (Wildman–Crippen LogP) is 3.88. The van der Waals surface area contributed by atoms with Gasteiger partial charge in [0.2, 0.25) is 0 Å². The summed E-state index contributed by atoms with van der Waals surface area (Å²) in [7, 11) is 1.59. The highest BCUT2D eigenvalue weighted by Crippen LogP contribution is 2.35. The molecular weight excluding hydrogens is 326 g/mol. The molecule has 0 bridgehead atoms. The van der Waals surface area contributed by atoms with E-state index in [4.69, 9.17) is 27.4 Å². The van der Waals surface area contributed by atoms with Crippen LogP contribution in [0.1, 0.15) is 5.56 Å². The molecule has 2 aromatic rings. The largest absolute Gasteiger partial charge is 0.493 e. The Labute approximate surface area is 125 Å². The van der Waals surface area contributed by atoms with Crippen LogP contribution in [-0.2, 0) is 0 Å². The fraction of sp³-hybridized carbons (Fsp3) is 0.0714. The number of benzene rings is 2. The smallest absolute Gasteiger partial charge is 0.169 e. The van der Waals surface area contributed by atoms with E-state index in [0.717, 1.165) is 4.47 Å². The molecule has 3 nitrogen and oxygen atoms in total. The minimum absolute atomic E-state index is 0.275. The fourth-order valence-corrected chi connectivity index (χ4v) is 2.55. The average molecular weight is 338 g/mol. The molecule has 2 N–H and O–H groups in total. The molecule has 2 rings (SSSR count). The van der Waals surface area contributed by atoms with Crippen molar-refractivity contribution >= 4 is 33.1 Å². The van der Waals surface area contributed by atoms with E-state index >= 15 is 0 Å². The van der Waals surface area contributed by atoms with Gasteiger partial charge in [0.1, 0.15) is 10.7 Å². The minimum Gasteiger partial charge on any atom is -0.493 e. The molecule has 0 aliphatic rings. The highest BCUT2D eigenvalue weighted by Gasteiger charge is 2.13. The molecule has 0 aliphatic heterocycles. The van der Waals surface area contributed by atoms with Crippen LogP contribution in [0.3, 0.4) is 0 Å². The SMILES string of the molecule is COc1ccccc1Oc1cccc(Br)c1C(N)=S. The van der Waals surface area contributed by atoms with Gasteiger partial charge >= 0.3 is 0 Å². The molecule has 0 fully saturated rings. The normalized spacial score (nSPS) is 10.0. The number of thiocarbonyl (C=S) groups is 1. The van der Waals surface area contributed by atoms with Gasteiger partial charge in [-0.3, -0.25) is 0 Å². The monoisotopic (exact) mass is 337 g/mol. The zero-order valence-corrected chi connectivity index (χ0v) is 12.6. The summed E-state index contributed by atoms with van der Waals surface area (Å²) in [5.74, 6) is 1.85. The summed E-state index contributed by atoms with van der Waals surface area (Å²) in [6, 6.07) is 12.9. The quantitative estimate of drug-likeness (QED) is 0.859. The van der Waals surface area contributed by atoms with Gasteiger partial charge in [-0.15, -0.1) is 0 Å². The van der Waals surface area contributed by atoms with Gasteiger partial charge in [-0.1, -0.05) is 30.4 Å². The lowest BCUT2D eigenvalue weighted by Crippen LogP contribution is -2.11. The van der Waals surface area contributed by atoms with E-state index in [1.165, 1.54) is 0 Å². The molecule has 98 valence electrons. The second-order valence-corrected chi connectivity index (χ2v) is 5.02. The van der Waals surface area contributed by atoms with E-state index < -0.39 is 0 Å². The molecule has 0 heterocycles. The highest BCUT2D eigenvalue weighted by atomic mass is 79.9. The molecule has 2 aromatic carbocycles. The lowest BCUT2D eigenvalue weighted by atomic mass is 10.2. The summed E-state index contributed by atoms with van der Waals surface area (Å²) in [5, 5.41) is 0. The minimum atomic E-state index is 0.275. The zero-order chi connectivity index (χ0) is 13.8. The van der Waals surface area contributed by atoms with E-state index in [1.54, 1.807) is 7.11 Å². The summed E-state index contributed by atoms with van der Waals surface area (Å²) in [4.78, 5) is 0.275. The maximum Gasteiger partial charge on any atom is 0.169 e. The average Bonchev–Trinajstić information content (AvgIpc) is 2.39. The van der Waals surface area contributed by atoms with E-state index in [9.17, 15) is 0 Å². The number of hydrogen-bond donors (Lipinski definition) is 1. The van der Waals surface area contributed by atoms with Gasteiger partial charge in [0, 0.05) is 4.47 Å². The van der Waals surface area contributed by atoms with Crippen LogP contribution >= 0.6 is 28.1 Å². The lowest BCUT2D eigenvalue weighted by molar-refractivity contribution is 0.378. The first kappa shape index (κ1) is 13.8. The number of halogens is 1. The van der Waals surface area contributed by atoms with Gasteiger partial charge in [0.15, 0.2) is 11.5 Å². The van der Waals surface area contributed by atoms with Crippen molar-refractivity contribution in [1.82, 2.24) is 0 Å². The molecule has 0 saturated heterocycles. The molecule has 0 aromatic heterocycles. The Morgan fingerprint density at radius 1 is 1.05 bits per heavy atom. The van der Waals surface area contributed by atoms with Crippen molar-refractivity contribution in [2.24, 2.45) is 5.73 Å². The Hall–Kier alpha value is -1.59. The van der Waals surface area contributed by atoms with Gasteiger partial charge in [-0.25, -0.2) is 0 Å². The third-order valence-corrected chi connectivity index (χ3v) is 3.38. The first-order valence-corrected chi connectivity index (χ1v) is 6.73. The number of rotatable bonds is 4. The van der Waals surface area contributed by atoms with Crippen molar-refractivity contribution in [3.05, 3.63) is 52.5 Å². The van der Waals surface area contributed by atoms with Gasteiger partial charge in [0.05, 0.1) is 12.7 Å². The Morgan fingerprint density at radius 2 is 1.68 bits per heavy atom. The number of nitrogens with two attached hydrogens (primary N) is 1. The number of para-hydroxylation sites is 2. The van der Waals surface area contributed by atoms with Crippen molar-refractivity contribution in [1.29, 1.82) is 0 Å². The van der Waals surface area contributed by atoms with Gasteiger partial charge < -0.3 is 15.2 Å². The first-order valence-electron chi connectivity index (χ1n) is 5.52. The highest BCUT2D eigenvalue weighted by molar-refractivity contribution is 9.10. The van der Waals surface area contributed by atoms with Crippen LogP contribution in [0.2, 0.25) is 0 Å². The Morgan fingerprint density at radius 3 is 2.32 bits per heavy atom. The van der Waals surface area contributed by atoms with Crippen LogP contribution in [0.25, 0.3) is 0 Å². The Balaban J connectivity index is 2.44. The van der Waals surface area contributed by atoms with Crippen LogP contribution in [0.15, 0.2) is 46.9 Å². The third-order valence-electron chi connectivity index (χ3n) is 2.51. The fourth-order valence-electron chi connectivity index (χ4n) is 1.65. The summed E-state index contributed by atoms with van der Waals surface area (Å²) in [5.41, 5.74) is 6.40. The molecule has 0 atom stereocenters. The van der Waals surface area contributed by atoms with Gasteiger partial charge in [-0.05, 0) is 40.2 Å². The summed E-state index contributed by atoms with van der Waals surface area (Å²) in [6.07, 6.45) is 0. The van der Waals surface area contributed by atoms with Crippen LogP contribution in [-0.4, -0.2) is 12.1 Å². The second kappa shape index (κ2) is 6.04. The van der Waals surface area contributed by atoms with E-state index in [2.05, 4.69) is 15.9 Å². The molecular formula is C14H12BrNO2S. The van der Waals surface area contributed by atoms with Crippen LogP contribution in [0, 0.1) is 0 Å². The first-order chi connectivity index (χ1) is 9.13. The van der Waals surface area contributed by atoms with Crippen LogP contribution in [0.4, 0.5) is 0 Å². The Kier molecular flexibility index (Phi) is 4.39. The number of ether oxygens (including phenoxy) is 2. The standard InChI is InChI=1S/C14H12BrNO2S/c1-17-10-6-2-3-7-11(10)18-12-8-4-5-9(15)13(12)14(16)19/h2-8H,1H3,(H2,16,19). The molecule has 19 heavy (non-hydrogen) atoms. The van der Waals surface area contributed by atoms with E-state index in [-0.39, 0.29) is 4.99 Å². The van der Waals surface area contributed by atoms with Crippen LogP contribution in [0.5, 0.6) is 17.2 Å². The molecule has 0 amide bonds. The predicted molar refractivity (Wildman–Crippen MR) is 83.1 cm³/mol. The maximum absolute atomic E-state index is 5.85. The number of hydrogen-bond acceptors (Lipinski definition) is 3. The molecule has 0 radical (unpaired) electrons. The maximum atomic E-state index is 5.85. The van der Waals surface area contributed by atoms with Crippen LogP contribution < -0.4 is 15.2 Å². The van der Waals surface area contributed by atoms with Crippen molar-refractivity contribution in [3.63, 3.8) is 0 Å². The van der Waals surface area contributed by atoms with Crippen molar-refractivity contribution < 1.29 is 9.47 Å². The lowest BCUT2D eigenvalue weighted by Gasteiger charge is -2.13. The summed E-state index contributed by atoms with van der Waals surface area (Å²) >= 11 is 8.47. The molecule has 0 aliphatic carbocycles. The van der Waals surface area contributed by atoms with Crippen molar-refractivity contribution in [3.8, 4) is 17.2 Å². The van der Waals surface area contributed by atoms with Crippen molar-refractivity contribution in [2.75, 3.05) is 7.11 Å². The van der Waals surface area contributed by atoms with Gasteiger partial charge in [-0.2, -0.15) is 0 Å². The topological polar surface area (TPSA) is 44.5 Å². The zero-order valence-electron chi connectivity index (χ0n) is 10.2. The number of methoxy groups -OCH3 is 1. The molecule has 0 spiro atoms. The van der Waals surface area contributed by atoms with Crippen molar-refractivity contribution in [2.45, 2.75) is 0 Å². The Bertz CT molecular complexity index is 616. The second-order valence-electron chi connectivity index (χ2n) is 3.73. The van der Waals surface area contributed by atoms with Gasteiger partial charge in [0.25, 0.3) is 0 Å². The molecule has 5 heteroatoms. The third kappa shape index (κ3) is 3.05. The molecule has 0 unspecified atom stereocenters. The summed E-state index contributed by atoms with van der Waals surface area (Å²) in [6.45, 7) is 0.